The van der Waals surface area contributed by atoms with Crippen molar-refractivity contribution in [3.8, 4) is 5.69 Å². The van der Waals surface area contributed by atoms with Gasteiger partial charge >= 0.3 is 0 Å². The Hall–Kier alpha value is -2.43. The van der Waals surface area contributed by atoms with Gasteiger partial charge in [-0.25, -0.2) is 9.67 Å². The van der Waals surface area contributed by atoms with Crippen molar-refractivity contribution in [2.45, 2.75) is 25.4 Å². The fourth-order valence-electron chi connectivity index (χ4n) is 2.18. The number of nitrogens with zero attached hydrogens (tertiary/aromatic N) is 4. The van der Waals surface area contributed by atoms with Gasteiger partial charge in [-0.05, 0) is 36.6 Å². The van der Waals surface area contributed by atoms with E-state index >= 15 is 0 Å². The van der Waals surface area contributed by atoms with Crippen LogP contribution in [0.2, 0.25) is 0 Å². The van der Waals surface area contributed by atoms with Crippen molar-refractivity contribution in [3.05, 3.63) is 55.1 Å². The standard InChI is InChI=1S/C15H16N4O/c1-2-15(20)18(13-7-8-13)9-12-3-5-14(6-4-12)19-11-16-10-17-19/h2-6,10-11,13H,1,7-9H2. The summed E-state index contributed by atoms with van der Waals surface area (Å²) in [6.07, 6.45) is 6.74. The largest absolute Gasteiger partial charge is 0.332 e. The molecule has 0 atom stereocenters. The van der Waals surface area contributed by atoms with E-state index in [-0.39, 0.29) is 5.91 Å². The molecule has 1 heterocycles. The first-order valence-corrected chi connectivity index (χ1v) is 6.65. The molecule has 0 saturated heterocycles. The number of aromatic nitrogens is 3. The van der Waals surface area contributed by atoms with Gasteiger partial charge in [-0.1, -0.05) is 18.7 Å². The van der Waals surface area contributed by atoms with Crippen LogP contribution in [0.1, 0.15) is 18.4 Å². The third-order valence-corrected chi connectivity index (χ3v) is 3.42. The zero-order valence-corrected chi connectivity index (χ0v) is 11.1. The molecule has 102 valence electrons. The van der Waals surface area contributed by atoms with Gasteiger partial charge in [-0.15, -0.1) is 0 Å². The van der Waals surface area contributed by atoms with Crippen LogP contribution in [0.4, 0.5) is 0 Å². The highest BCUT2D eigenvalue weighted by Gasteiger charge is 2.31. The van der Waals surface area contributed by atoms with E-state index in [9.17, 15) is 4.79 Å². The molecule has 1 aromatic heterocycles. The Morgan fingerprint density at radius 1 is 1.40 bits per heavy atom. The van der Waals surface area contributed by atoms with Gasteiger partial charge in [-0.3, -0.25) is 4.79 Å². The number of hydrogen-bond acceptors (Lipinski definition) is 3. The van der Waals surface area contributed by atoms with Crippen LogP contribution in [0.5, 0.6) is 0 Å². The Balaban J connectivity index is 1.74. The molecule has 0 spiro atoms. The van der Waals surface area contributed by atoms with Crippen LogP contribution in [0.25, 0.3) is 5.69 Å². The highest BCUT2D eigenvalue weighted by atomic mass is 16.2. The minimum atomic E-state index is 0.00727. The van der Waals surface area contributed by atoms with Gasteiger partial charge in [0.25, 0.3) is 0 Å². The molecule has 5 heteroatoms. The Kier molecular flexibility index (Phi) is 3.33. The fourth-order valence-corrected chi connectivity index (χ4v) is 2.18. The summed E-state index contributed by atoms with van der Waals surface area (Å²) in [6.45, 7) is 4.20. The number of hydrogen-bond donors (Lipinski definition) is 0. The first-order chi connectivity index (χ1) is 9.78. The lowest BCUT2D eigenvalue weighted by atomic mass is 10.2. The molecule has 0 aliphatic heterocycles. The lowest BCUT2D eigenvalue weighted by molar-refractivity contribution is -0.127. The molecule has 2 aromatic rings. The lowest BCUT2D eigenvalue weighted by Crippen LogP contribution is -2.30. The van der Waals surface area contributed by atoms with E-state index in [4.69, 9.17) is 0 Å². The molecular formula is C15H16N4O. The van der Waals surface area contributed by atoms with Crippen molar-refractivity contribution < 1.29 is 4.79 Å². The van der Waals surface area contributed by atoms with E-state index in [2.05, 4.69) is 16.7 Å². The lowest BCUT2D eigenvalue weighted by Gasteiger charge is -2.20. The second-order valence-corrected chi connectivity index (χ2v) is 4.91. The first-order valence-electron chi connectivity index (χ1n) is 6.65. The Morgan fingerprint density at radius 3 is 2.70 bits per heavy atom. The van der Waals surface area contributed by atoms with Crippen molar-refractivity contribution in [2.75, 3.05) is 0 Å². The SMILES string of the molecule is C=CC(=O)N(Cc1ccc(-n2cncn2)cc1)C1CC1. The average Bonchev–Trinajstić information content (AvgIpc) is 3.18. The number of carbonyl (C=O) groups excluding carboxylic acids is 1. The van der Waals surface area contributed by atoms with Gasteiger partial charge < -0.3 is 4.90 Å². The third kappa shape index (κ3) is 2.61. The van der Waals surface area contributed by atoms with Crippen molar-refractivity contribution in [1.29, 1.82) is 0 Å². The average molecular weight is 268 g/mol. The Morgan fingerprint density at radius 2 is 2.15 bits per heavy atom. The molecule has 0 unspecified atom stereocenters. The summed E-state index contributed by atoms with van der Waals surface area (Å²) in [4.78, 5) is 17.6. The highest BCUT2D eigenvalue weighted by molar-refractivity contribution is 5.87. The van der Waals surface area contributed by atoms with Crippen LogP contribution in [-0.2, 0) is 11.3 Å². The topological polar surface area (TPSA) is 51.0 Å². The minimum Gasteiger partial charge on any atom is -0.332 e. The predicted octanol–water partition coefficient (Wildman–Crippen LogP) is 1.94. The van der Waals surface area contributed by atoms with Gasteiger partial charge in [0.1, 0.15) is 12.7 Å². The monoisotopic (exact) mass is 268 g/mol. The maximum absolute atomic E-state index is 11.8. The van der Waals surface area contributed by atoms with E-state index < -0.39 is 0 Å². The van der Waals surface area contributed by atoms with Crippen LogP contribution in [0.3, 0.4) is 0 Å². The second kappa shape index (κ2) is 5.28. The van der Waals surface area contributed by atoms with Crippen LogP contribution < -0.4 is 0 Å². The molecule has 1 aliphatic rings. The summed E-state index contributed by atoms with van der Waals surface area (Å²) >= 11 is 0. The third-order valence-electron chi connectivity index (χ3n) is 3.42. The molecule has 20 heavy (non-hydrogen) atoms. The summed E-state index contributed by atoms with van der Waals surface area (Å²) in [7, 11) is 0. The molecule has 0 N–H and O–H groups in total. The first kappa shape index (κ1) is 12.6. The van der Waals surface area contributed by atoms with E-state index in [1.807, 2.05) is 29.2 Å². The van der Waals surface area contributed by atoms with Crippen LogP contribution >= 0.6 is 0 Å². The summed E-state index contributed by atoms with van der Waals surface area (Å²) in [5, 5.41) is 4.08. The van der Waals surface area contributed by atoms with Gasteiger partial charge in [0.05, 0.1) is 5.69 Å². The van der Waals surface area contributed by atoms with Crippen LogP contribution in [0, 0.1) is 0 Å². The van der Waals surface area contributed by atoms with Crippen molar-refractivity contribution in [1.82, 2.24) is 19.7 Å². The van der Waals surface area contributed by atoms with Gasteiger partial charge in [0.15, 0.2) is 0 Å². The zero-order chi connectivity index (χ0) is 13.9. The van der Waals surface area contributed by atoms with Gasteiger partial charge in [-0.2, -0.15) is 5.10 Å². The van der Waals surface area contributed by atoms with Crippen LogP contribution in [0.15, 0.2) is 49.6 Å². The quantitative estimate of drug-likeness (QED) is 0.779. The summed E-state index contributed by atoms with van der Waals surface area (Å²) in [5.74, 6) is 0.00727. The Labute approximate surface area is 117 Å². The minimum absolute atomic E-state index is 0.00727. The molecule has 1 amide bonds. The van der Waals surface area contributed by atoms with Gasteiger partial charge in [0, 0.05) is 12.6 Å². The summed E-state index contributed by atoms with van der Waals surface area (Å²) in [6, 6.07) is 8.38. The maximum Gasteiger partial charge on any atom is 0.246 e. The summed E-state index contributed by atoms with van der Waals surface area (Å²) in [5.41, 5.74) is 2.07. The second-order valence-electron chi connectivity index (χ2n) is 4.91. The van der Waals surface area contributed by atoms with E-state index in [0.29, 0.717) is 12.6 Å². The van der Waals surface area contributed by atoms with Crippen molar-refractivity contribution in [3.63, 3.8) is 0 Å². The van der Waals surface area contributed by atoms with Crippen molar-refractivity contribution >= 4 is 5.91 Å². The Bertz CT molecular complexity index is 599. The summed E-state index contributed by atoms with van der Waals surface area (Å²) < 4.78 is 1.71. The molecule has 1 aliphatic carbocycles. The number of benzene rings is 1. The maximum atomic E-state index is 11.8. The highest BCUT2D eigenvalue weighted by Crippen LogP contribution is 2.28. The van der Waals surface area contributed by atoms with Crippen molar-refractivity contribution in [2.24, 2.45) is 0 Å². The molecule has 3 rings (SSSR count). The number of amides is 1. The van der Waals surface area contributed by atoms with E-state index in [0.717, 1.165) is 24.1 Å². The number of rotatable bonds is 5. The fraction of sp³-hybridized carbons (Fsp3) is 0.267. The molecule has 1 aromatic carbocycles. The predicted molar refractivity (Wildman–Crippen MR) is 75.1 cm³/mol. The van der Waals surface area contributed by atoms with Crippen LogP contribution in [-0.4, -0.2) is 31.6 Å². The molecular weight excluding hydrogens is 252 g/mol. The van der Waals surface area contributed by atoms with E-state index in [1.54, 1.807) is 11.0 Å². The molecule has 5 nitrogen and oxygen atoms in total. The van der Waals surface area contributed by atoms with Gasteiger partial charge in [0.2, 0.25) is 5.91 Å². The zero-order valence-electron chi connectivity index (χ0n) is 11.1. The van der Waals surface area contributed by atoms with E-state index in [1.165, 1.54) is 12.4 Å². The normalized spacial score (nSPS) is 14.0. The molecule has 0 radical (unpaired) electrons. The molecule has 1 saturated carbocycles. The number of carbonyl (C=O) groups is 1. The molecule has 0 bridgehead atoms. The molecule has 1 fully saturated rings. The smallest absolute Gasteiger partial charge is 0.246 e.